The highest BCUT2D eigenvalue weighted by atomic mass is 16.6. The van der Waals surface area contributed by atoms with Gasteiger partial charge in [-0.1, -0.05) is 0 Å². The summed E-state index contributed by atoms with van der Waals surface area (Å²) in [6.07, 6.45) is 2.91. The minimum Gasteiger partial charge on any atom is -0.463 e. The molecule has 3 aliphatic heterocycles. The van der Waals surface area contributed by atoms with Crippen LogP contribution < -0.4 is 10.6 Å². The van der Waals surface area contributed by atoms with Crippen LogP contribution in [0.4, 0.5) is 10.7 Å². The molecule has 0 saturated carbocycles. The van der Waals surface area contributed by atoms with E-state index in [0.29, 0.717) is 56.9 Å². The molecule has 0 bridgehead atoms. The zero-order chi connectivity index (χ0) is 19.6. The van der Waals surface area contributed by atoms with Crippen LogP contribution in [0.5, 0.6) is 0 Å². The first-order valence-corrected chi connectivity index (χ1v) is 9.78. The predicted octanol–water partition coefficient (Wildman–Crippen LogP) is 0.725. The Morgan fingerprint density at radius 3 is 2.69 bits per heavy atom. The van der Waals surface area contributed by atoms with Crippen LogP contribution in [0.25, 0.3) is 11.5 Å². The van der Waals surface area contributed by atoms with Gasteiger partial charge in [0.2, 0.25) is 5.95 Å². The van der Waals surface area contributed by atoms with Crippen molar-refractivity contribution in [3.63, 3.8) is 0 Å². The van der Waals surface area contributed by atoms with E-state index in [9.17, 15) is 4.79 Å². The standard InChI is InChI=1S/C19H23N5O5/c25-19(24-5-8-26-9-6-24)23-14-11-29-16-13(10-28-17(14)16)22-18-20-4-3-12(21-18)15-2-1-7-27-15/h1-4,7,13-14,16-17H,5-6,8-11H2,(H,23,25)(H,20,21,22). The molecule has 3 fully saturated rings. The topological polar surface area (TPSA) is 111 Å². The number of hydrogen-bond donors (Lipinski definition) is 2. The van der Waals surface area contributed by atoms with Gasteiger partial charge in [0.15, 0.2) is 5.76 Å². The molecule has 2 aromatic rings. The summed E-state index contributed by atoms with van der Waals surface area (Å²) in [4.78, 5) is 23.0. The van der Waals surface area contributed by atoms with Crippen molar-refractivity contribution in [3.05, 3.63) is 30.7 Å². The van der Waals surface area contributed by atoms with Crippen molar-refractivity contribution in [2.24, 2.45) is 0 Å². The maximum atomic E-state index is 12.5. The number of hydrogen-bond acceptors (Lipinski definition) is 8. The molecule has 3 saturated heterocycles. The van der Waals surface area contributed by atoms with Crippen LogP contribution in [0.2, 0.25) is 0 Å². The van der Waals surface area contributed by atoms with Crippen LogP contribution in [-0.4, -0.2) is 84.7 Å². The lowest BCUT2D eigenvalue weighted by Gasteiger charge is -2.29. The van der Waals surface area contributed by atoms with Crippen LogP contribution >= 0.6 is 0 Å². The summed E-state index contributed by atoms with van der Waals surface area (Å²) in [6, 6.07) is 5.08. The lowest BCUT2D eigenvalue weighted by Crippen LogP contribution is -2.52. The van der Waals surface area contributed by atoms with E-state index >= 15 is 0 Å². The zero-order valence-electron chi connectivity index (χ0n) is 15.8. The molecule has 2 N–H and O–H groups in total. The molecule has 5 rings (SSSR count). The number of amides is 2. The Morgan fingerprint density at radius 1 is 1.10 bits per heavy atom. The molecule has 10 nitrogen and oxygen atoms in total. The van der Waals surface area contributed by atoms with Gasteiger partial charge in [-0.3, -0.25) is 0 Å². The minimum absolute atomic E-state index is 0.0999. The summed E-state index contributed by atoms with van der Waals surface area (Å²) < 4.78 is 22.6. The van der Waals surface area contributed by atoms with Crippen LogP contribution in [-0.2, 0) is 14.2 Å². The molecule has 0 spiro atoms. The molecule has 3 aliphatic rings. The fourth-order valence-electron chi connectivity index (χ4n) is 3.92. The Bertz CT molecular complexity index is 841. The number of nitrogens with zero attached hydrogens (tertiary/aromatic N) is 3. The van der Waals surface area contributed by atoms with Crippen molar-refractivity contribution in [2.75, 3.05) is 44.8 Å². The number of ether oxygens (including phenoxy) is 3. The summed E-state index contributed by atoms with van der Waals surface area (Å²) in [6.45, 7) is 3.20. The van der Waals surface area contributed by atoms with Gasteiger partial charge in [0.25, 0.3) is 0 Å². The van der Waals surface area contributed by atoms with E-state index in [-0.39, 0.29) is 30.3 Å². The summed E-state index contributed by atoms with van der Waals surface area (Å²) in [5.41, 5.74) is 0.700. The second kappa shape index (κ2) is 7.97. The molecule has 2 amide bonds. The Balaban J connectivity index is 1.20. The minimum atomic E-state index is -0.203. The lowest BCUT2D eigenvalue weighted by atomic mass is 10.1. The maximum absolute atomic E-state index is 12.5. The van der Waals surface area contributed by atoms with E-state index in [1.54, 1.807) is 23.4 Å². The van der Waals surface area contributed by atoms with Crippen molar-refractivity contribution in [1.29, 1.82) is 0 Å². The molecule has 29 heavy (non-hydrogen) atoms. The number of urea groups is 1. The van der Waals surface area contributed by atoms with Crippen LogP contribution in [0.3, 0.4) is 0 Å². The summed E-state index contributed by atoms with van der Waals surface area (Å²) in [5.74, 6) is 1.16. The molecule has 154 valence electrons. The molecule has 0 aromatic carbocycles. The van der Waals surface area contributed by atoms with Gasteiger partial charge >= 0.3 is 6.03 Å². The van der Waals surface area contributed by atoms with Crippen molar-refractivity contribution >= 4 is 12.0 Å². The van der Waals surface area contributed by atoms with E-state index < -0.39 is 0 Å². The average molecular weight is 401 g/mol. The van der Waals surface area contributed by atoms with Crippen LogP contribution in [0.1, 0.15) is 0 Å². The Hall–Kier alpha value is -2.69. The quantitative estimate of drug-likeness (QED) is 0.771. The van der Waals surface area contributed by atoms with Gasteiger partial charge in [-0.05, 0) is 18.2 Å². The predicted molar refractivity (Wildman–Crippen MR) is 101 cm³/mol. The summed E-state index contributed by atoms with van der Waals surface area (Å²) in [5, 5.41) is 6.34. The third-order valence-electron chi connectivity index (χ3n) is 5.40. The number of furan rings is 1. The number of anilines is 1. The third-order valence-corrected chi connectivity index (χ3v) is 5.40. The largest absolute Gasteiger partial charge is 0.463 e. The molecule has 4 unspecified atom stereocenters. The van der Waals surface area contributed by atoms with E-state index in [0.717, 1.165) is 0 Å². The van der Waals surface area contributed by atoms with E-state index in [1.807, 2.05) is 12.1 Å². The molecule has 4 atom stereocenters. The first kappa shape index (κ1) is 18.3. The van der Waals surface area contributed by atoms with Crippen molar-refractivity contribution in [1.82, 2.24) is 20.2 Å². The van der Waals surface area contributed by atoms with Gasteiger partial charge in [-0.2, -0.15) is 0 Å². The van der Waals surface area contributed by atoms with Crippen LogP contribution in [0.15, 0.2) is 35.1 Å². The van der Waals surface area contributed by atoms with Crippen LogP contribution in [0, 0.1) is 0 Å². The normalized spacial score (nSPS) is 28.9. The van der Waals surface area contributed by atoms with Crippen molar-refractivity contribution < 1.29 is 23.4 Å². The number of carbonyl (C=O) groups excluding carboxylic acids is 1. The average Bonchev–Trinajstić information content (AvgIpc) is 3.49. The fourth-order valence-corrected chi connectivity index (χ4v) is 3.92. The number of fused-ring (bicyclic) bond motifs is 1. The monoisotopic (exact) mass is 401 g/mol. The zero-order valence-corrected chi connectivity index (χ0v) is 15.8. The second-order valence-electron chi connectivity index (χ2n) is 7.24. The molecule has 10 heteroatoms. The van der Waals surface area contributed by atoms with E-state index in [4.69, 9.17) is 18.6 Å². The van der Waals surface area contributed by atoms with Gasteiger partial charge in [-0.25, -0.2) is 14.8 Å². The maximum Gasteiger partial charge on any atom is 0.317 e. The van der Waals surface area contributed by atoms with Gasteiger partial charge < -0.3 is 34.2 Å². The highest BCUT2D eigenvalue weighted by molar-refractivity contribution is 5.74. The SMILES string of the molecule is O=C(NC1COC2C(Nc3nccc(-c4ccco4)n3)COC12)N1CCOCC1. The first-order chi connectivity index (χ1) is 14.3. The Kier molecular flexibility index (Phi) is 5.04. The van der Waals surface area contributed by atoms with Crippen molar-refractivity contribution in [3.8, 4) is 11.5 Å². The highest BCUT2D eigenvalue weighted by Crippen LogP contribution is 2.29. The summed E-state index contributed by atoms with van der Waals surface area (Å²) in [7, 11) is 0. The first-order valence-electron chi connectivity index (χ1n) is 9.78. The Morgan fingerprint density at radius 2 is 1.90 bits per heavy atom. The Labute approximate surface area is 167 Å². The van der Waals surface area contributed by atoms with E-state index in [1.165, 1.54) is 0 Å². The molecular weight excluding hydrogens is 378 g/mol. The number of rotatable bonds is 4. The number of morpholine rings is 1. The van der Waals surface area contributed by atoms with Crippen molar-refractivity contribution in [2.45, 2.75) is 24.3 Å². The number of aromatic nitrogens is 2. The fraction of sp³-hybridized carbons (Fsp3) is 0.526. The number of nitrogens with one attached hydrogen (secondary N) is 2. The molecule has 5 heterocycles. The third kappa shape index (κ3) is 3.78. The molecular formula is C19H23N5O5. The lowest BCUT2D eigenvalue weighted by molar-refractivity contribution is 0.0485. The second-order valence-corrected chi connectivity index (χ2v) is 7.24. The van der Waals surface area contributed by atoms with Gasteiger partial charge in [-0.15, -0.1) is 0 Å². The smallest absolute Gasteiger partial charge is 0.317 e. The summed E-state index contributed by atoms with van der Waals surface area (Å²) >= 11 is 0. The number of carbonyl (C=O) groups is 1. The van der Waals surface area contributed by atoms with Gasteiger partial charge in [0.1, 0.15) is 17.9 Å². The van der Waals surface area contributed by atoms with E-state index in [2.05, 4.69) is 20.6 Å². The van der Waals surface area contributed by atoms with Gasteiger partial charge in [0, 0.05) is 19.3 Å². The molecule has 0 radical (unpaired) electrons. The van der Waals surface area contributed by atoms with Gasteiger partial charge in [0.05, 0.1) is 44.8 Å². The highest BCUT2D eigenvalue weighted by Gasteiger charge is 2.48. The molecule has 0 aliphatic carbocycles. The molecule has 2 aromatic heterocycles.